The van der Waals surface area contributed by atoms with Crippen LogP contribution in [0.25, 0.3) is 5.69 Å². The second-order valence-electron chi connectivity index (χ2n) is 7.16. The zero-order valence-corrected chi connectivity index (χ0v) is 17.6. The molecule has 1 amide bonds. The third-order valence-electron chi connectivity index (χ3n) is 4.92. The summed E-state index contributed by atoms with van der Waals surface area (Å²) in [5, 5.41) is 13.1. The molecule has 1 aromatic heterocycles. The van der Waals surface area contributed by atoms with E-state index < -0.39 is 5.97 Å². The Bertz CT molecular complexity index is 1260. The van der Waals surface area contributed by atoms with E-state index in [9.17, 15) is 9.59 Å². The first-order valence-corrected chi connectivity index (χ1v) is 10.2. The molecule has 4 rings (SSSR count). The maximum absolute atomic E-state index is 12.4. The van der Waals surface area contributed by atoms with Crippen LogP contribution in [0.15, 0.2) is 102 Å². The smallest absolute Gasteiger partial charge is 0.335 e. The molecule has 7 heteroatoms. The Balaban J connectivity index is 1.36. The van der Waals surface area contributed by atoms with Crippen molar-refractivity contribution in [3.63, 3.8) is 0 Å². The summed E-state index contributed by atoms with van der Waals surface area (Å²) in [4.78, 5) is 23.4. The topological polar surface area (TPSA) is 92.9 Å². The van der Waals surface area contributed by atoms with Crippen LogP contribution in [0.4, 0.5) is 0 Å². The average Bonchev–Trinajstić information content (AvgIpc) is 3.39. The van der Waals surface area contributed by atoms with Crippen LogP contribution in [0, 0.1) is 0 Å². The van der Waals surface area contributed by atoms with E-state index in [1.165, 1.54) is 18.3 Å². The van der Waals surface area contributed by atoms with Crippen LogP contribution in [0.3, 0.4) is 0 Å². The van der Waals surface area contributed by atoms with Gasteiger partial charge in [-0.3, -0.25) is 4.79 Å². The van der Waals surface area contributed by atoms with Gasteiger partial charge in [0.05, 0.1) is 11.8 Å². The molecule has 33 heavy (non-hydrogen) atoms. The second kappa shape index (κ2) is 10.1. The number of aromatic carboxylic acids is 1. The van der Waals surface area contributed by atoms with Crippen molar-refractivity contribution in [2.75, 3.05) is 0 Å². The lowest BCUT2D eigenvalue weighted by atomic mass is 10.1. The van der Waals surface area contributed by atoms with Gasteiger partial charge in [0.2, 0.25) is 0 Å². The molecule has 0 aliphatic carbocycles. The number of carbonyl (C=O) groups is 2. The fourth-order valence-corrected chi connectivity index (χ4v) is 3.14. The molecule has 0 radical (unpaired) electrons. The van der Waals surface area contributed by atoms with Crippen molar-refractivity contribution < 1.29 is 19.4 Å². The molecule has 164 valence electrons. The summed E-state index contributed by atoms with van der Waals surface area (Å²) in [5.41, 5.74) is 5.75. The summed E-state index contributed by atoms with van der Waals surface area (Å²) in [6, 6.07) is 24.9. The first kappa shape index (κ1) is 21.6. The number of nitrogens with one attached hydrogen (secondary N) is 1. The van der Waals surface area contributed by atoms with Crippen molar-refractivity contribution in [2.24, 2.45) is 5.10 Å². The first-order chi connectivity index (χ1) is 16.1. The lowest BCUT2D eigenvalue weighted by Gasteiger charge is -2.09. The minimum atomic E-state index is -0.970. The molecule has 0 atom stereocenters. The van der Waals surface area contributed by atoms with Crippen LogP contribution in [0.5, 0.6) is 5.75 Å². The largest absolute Gasteiger partial charge is 0.488 e. The molecule has 2 N–H and O–H groups in total. The Morgan fingerprint density at radius 3 is 2.24 bits per heavy atom. The molecule has 0 aliphatic heterocycles. The SMILES string of the molecule is O=C(O)c1ccc(COc2ccccc2/C=N/NC(=O)c2ccc(-n3cccc3)cc2)cc1. The number of hydrazone groups is 1. The fraction of sp³-hybridized carbons (Fsp3) is 0.0385. The van der Waals surface area contributed by atoms with E-state index in [0.717, 1.165) is 11.3 Å². The van der Waals surface area contributed by atoms with Gasteiger partial charge in [-0.05, 0) is 66.2 Å². The van der Waals surface area contributed by atoms with Gasteiger partial charge in [-0.25, -0.2) is 10.2 Å². The number of carboxylic acid groups (broad SMARTS) is 1. The highest BCUT2D eigenvalue weighted by atomic mass is 16.5. The highest BCUT2D eigenvalue weighted by Crippen LogP contribution is 2.18. The number of hydrogen-bond acceptors (Lipinski definition) is 4. The molecule has 0 bridgehead atoms. The van der Waals surface area contributed by atoms with Gasteiger partial charge in [0.25, 0.3) is 5.91 Å². The van der Waals surface area contributed by atoms with Gasteiger partial charge in [-0.2, -0.15) is 5.10 Å². The van der Waals surface area contributed by atoms with Crippen molar-refractivity contribution in [1.82, 2.24) is 9.99 Å². The van der Waals surface area contributed by atoms with Crippen LogP contribution >= 0.6 is 0 Å². The van der Waals surface area contributed by atoms with Crippen molar-refractivity contribution in [1.29, 1.82) is 0 Å². The molecular weight excluding hydrogens is 418 g/mol. The number of benzene rings is 3. The molecule has 4 aromatic rings. The number of rotatable bonds is 8. The summed E-state index contributed by atoms with van der Waals surface area (Å²) in [6.45, 7) is 0.269. The van der Waals surface area contributed by atoms with E-state index >= 15 is 0 Å². The Morgan fingerprint density at radius 2 is 1.55 bits per heavy atom. The molecule has 0 unspecified atom stereocenters. The molecule has 0 aliphatic rings. The van der Waals surface area contributed by atoms with Crippen LogP contribution in [-0.2, 0) is 6.61 Å². The zero-order valence-electron chi connectivity index (χ0n) is 17.6. The molecule has 3 aromatic carbocycles. The van der Waals surface area contributed by atoms with E-state index in [2.05, 4.69) is 10.5 Å². The molecule has 7 nitrogen and oxygen atoms in total. The normalized spacial score (nSPS) is 10.8. The van der Waals surface area contributed by atoms with Gasteiger partial charge in [0.1, 0.15) is 12.4 Å². The Morgan fingerprint density at radius 1 is 0.879 bits per heavy atom. The maximum Gasteiger partial charge on any atom is 0.335 e. The third kappa shape index (κ3) is 5.54. The van der Waals surface area contributed by atoms with Crippen molar-refractivity contribution in [2.45, 2.75) is 6.61 Å². The van der Waals surface area contributed by atoms with E-state index in [4.69, 9.17) is 9.84 Å². The lowest BCUT2D eigenvalue weighted by molar-refractivity contribution is 0.0696. The van der Waals surface area contributed by atoms with E-state index in [0.29, 0.717) is 16.9 Å². The Kier molecular flexibility index (Phi) is 6.61. The van der Waals surface area contributed by atoms with E-state index in [1.54, 1.807) is 30.3 Å². The average molecular weight is 439 g/mol. The predicted molar refractivity (Wildman–Crippen MR) is 125 cm³/mol. The number of hydrogen-bond donors (Lipinski definition) is 2. The van der Waals surface area contributed by atoms with Gasteiger partial charge < -0.3 is 14.4 Å². The predicted octanol–water partition coefficient (Wildman–Crippen LogP) is 4.52. The Hall–Kier alpha value is -4.65. The van der Waals surface area contributed by atoms with Crippen LogP contribution in [0.1, 0.15) is 31.8 Å². The van der Waals surface area contributed by atoms with Crippen molar-refractivity contribution >= 4 is 18.1 Å². The molecular formula is C26H21N3O4. The van der Waals surface area contributed by atoms with Gasteiger partial charge in [-0.15, -0.1) is 0 Å². The summed E-state index contributed by atoms with van der Waals surface area (Å²) in [5.74, 6) is -0.695. The van der Waals surface area contributed by atoms with Gasteiger partial charge in [0, 0.05) is 29.2 Å². The van der Waals surface area contributed by atoms with Crippen LogP contribution in [0.2, 0.25) is 0 Å². The van der Waals surface area contributed by atoms with Crippen molar-refractivity contribution in [3.8, 4) is 11.4 Å². The van der Waals surface area contributed by atoms with Gasteiger partial charge in [0.15, 0.2) is 0 Å². The minimum Gasteiger partial charge on any atom is -0.488 e. The van der Waals surface area contributed by atoms with Crippen LogP contribution in [-0.4, -0.2) is 27.8 Å². The summed E-state index contributed by atoms with van der Waals surface area (Å²) in [6.07, 6.45) is 5.39. The Labute approximate surface area is 190 Å². The second-order valence-corrected chi connectivity index (χ2v) is 7.16. The summed E-state index contributed by atoms with van der Waals surface area (Å²) in [7, 11) is 0. The molecule has 0 fully saturated rings. The number of para-hydroxylation sites is 1. The fourth-order valence-electron chi connectivity index (χ4n) is 3.14. The van der Waals surface area contributed by atoms with Gasteiger partial charge in [-0.1, -0.05) is 24.3 Å². The summed E-state index contributed by atoms with van der Waals surface area (Å²) >= 11 is 0. The maximum atomic E-state index is 12.4. The molecule has 0 saturated carbocycles. The number of nitrogens with zero attached hydrogens (tertiary/aromatic N) is 2. The number of carbonyl (C=O) groups excluding carboxylic acids is 1. The number of ether oxygens (including phenoxy) is 1. The highest BCUT2D eigenvalue weighted by molar-refractivity contribution is 5.95. The van der Waals surface area contributed by atoms with Crippen molar-refractivity contribution in [3.05, 3.63) is 120 Å². The standard InChI is InChI=1S/C26H21N3O4/c30-25(20-11-13-23(14-12-20)29-15-3-4-16-29)28-27-17-22-5-1-2-6-24(22)33-18-19-7-9-21(10-8-19)26(31)32/h1-17H,18H2,(H,28,30)(H,31,32)/b27-17+. The molecule has 0 spiro atoms. The zero-order chi connectivity index (χ0) is 23.0. The third-order valence-corrected chi connectivity index (χ3v) is 4.92. The summed E-state index contributed by atoms with van der Waals surface area (Å²) < 4.78 is 7.82. The van der Waals surface area contributed by atoms with E-state index in [1.807, 2.05) is 59.4 Å². The first-order valence-electron chi connectivity index (χ1n) is 10.2. The minimum absolute atomic E-state index is 0.224. The molecule has 1 heterocycles. The number of carboxylic acids is 1. The number of aromatic nitrogens is 1. The highest BCUT2D eigenvalue weighted by Gasteiger charge is 2.06. The quantitative estimate of drug-likeness (QED) is 0.312. The number of amides is 1. The van der Waals surface area contributed by atoms with Gasteiger partial charge >= 0.3 is 5.97 Å². The van der Waals surface area contributed by atoms with E-state index in [-0.39, 0.29) is 18.1 Å². The lowest BCUT2D eigenvalue weighted by Crippen LogP contribution is -2.17. The molecule has 0 saturated heterocycles. The van der Waals surface area contributed by atoms with Crippen LogP contribution < -0.4 is 10.2 Å². The monoisotopic (exact) mass is 439 g/mol.